The van der Waals surface area contributed by atoms with E-state index >= 15 is 0 Å². The molecule has 1 aromatic rings. The summed E-state index contributed by atoms with van der Waals surface area (Å²) < 4.78 is 0. The van der Waals surface area contributed by atoms with E-state index in [1.54, 1.807) is 0 Å². The molecule has 1 heterocycles. The van der Waals surface area contributed by atoms with Crippen molar-refractivity contribution in [2.45, 2.75) is 25.8 Å². The number of hydrogen-bond acceptors (Lipinski definition) is 2. The fourth-order valence-corrected chi connectivity index (χ4v) is 2.38. The van der Waals surface area contributed by atoms with Crippen LogP contribution >= 0.6 is 0 Å². The van der Waals surface area contributed by atoms with Crippen LogP contribution in [0.2, 0.25) is 0 Å². The lowest BCUT2D eigenvalue weighted by molar-refractivity contribution is 0.411. The molecule has 88 valence electrons. The molecule has 0 amide bonds. The third kappa shape index (κ3) is 2.83. The molecule has 1 aromatic carbocycles. The van der Waals surface area contributed by atoms with Gasteiger partial charge >= 0.3 is 0 Å². The highest BCUT2D eigenvalue weighted by Crippen LogP contribution is 2.26. The molecule has 0 spiro atoms. The lowest BCUT2D eigenvalue weighted by Crippen LogP contribution is -2.13. The first-order valence-electron chi connectivity index (χ1n) is 6.27. The summed E-state index contributed by atoms with van der Waals surface area (Å²) in [5, 5.41) is 3.35. The number of benzene rings is 1. The topological polar surface area (TPSA) is 15.3 Å². The second-order valence-corrected chi connectivity index (χ2v) is 4.77. The van der Waals surface area contributed by atoms with Gasteiger partial charge in [0.2, 0.25) is 0 Å². The molecule has 16 heavy (non-hydrogen) atoms. The second-order valence-electron chi connectivity index (χ2n) is 4.77. The van der Waals surface area contributed by atoms with Crippen LogP contribution in [0.1, 0.15) is 30.4 Å². The Morgan fingerprint density at radius 1 is 1.31 bits per heavy atom. The lowest BCUT2D eigenvalue weighted by atomic mass is 9.97. The van der Waals surface area contributed by atoms with Crippen molar-refractivity contribution in [3.63, 3.8) is 0 Å². The van der Waals surface area contributed by atoms with E-state index in [-0.39, 0.29) is 0 Å². The molecule has 1 N–H and O–H groups in total. The Hall–Kier alpha value is -0.860. The van der Waals surface area contributed by atoms with Crippen molar-refractivity contribution in [1.82, 2.24) is 10.2 Å². The van der Waals surface area contributed by atoms with Crippen LogP contribution in [-0.2, 0) is 6.54 Å². The van der Waals surface area contributed by atoms with Crippen LogP contribution in [0.4, 0.5) is 0 Å². The molecule has 2 rings (SSSR count). The van der Waals surface area contributed by atoms with Gasteiger partial charge in [-0.15, -0.1) is 0 Å². The van der Waals surface area contributed by atoms with E-state index in [4.69, 9.17) is 0 Å². The van der Waals surface area contributed by atoms with Gasteiger partial charge in [0.1, 0.15) is 0 Å². The maximum absolute atomic E-state index is 3.35. The molecule has 0 aliphatic carbocycles. The van der Waals surface area contributed by atoms with Gasteiger partial charge in [-0.1, -0.05) is 31.2 Å². The van der Waals surface area contributed by atoms with Crippen LogP contribution in [0.5, 0.6) is 0 Å². The summed E-state index contributed by atoms with van der Waals surface area (Å²) in [5.41, 5.74) is 2.89. The Kier molecular flexibility index (Phi) is 3.97. The Morgan fingerprint density at radius 2 is 2.06 bits per heavy atom. The molecule has 1 atom stereocenters. The molecule has 0 aromatic heterocycles. The zero-order valence-corrected chi connectivity index (χ0v) is 10.4. The highest BCUT2D eigenvalue weighted by atomic mass is 15.1. The molecule has 0 bridgehead atoms. The maximum Gasteiger partial charge on any atom is 0.0205 e. The summed E-state index contributed by atoms with van der Waals surface area (Å²) >= 11 is 0. The van der Waals surface area contributed by atoms with Gasteiger partial charge in [0.25, 0.3) is 0 Å². The van der Waals surface area contributed by atoms with Crippen molar-refractivity contribution in [3.8, 4) is 0 Å². The number of hydrogen-bond donors (Lipinski definition) is 1. The van der Waals surface area contributed by atoms with E-state index in [0.717, 1.165) is 19.0 Å². The predicted molar refractivity (Wildman–Crippen MR) is 68.7 cm³/mol. The van der Waals surface area contributed by atoms with Crippen molar-refractivity contribution in [1.29, 1.82) is 0 Å². The van der Waals surface area contributed by atoms with Crippen molar-refractivity contribution >= 4 is 0 Å². The van der Waals surface area contributed by atoms with E-state index in [0.29, 0.717) is 0 Å². The van der Waals surface area contributed by atoms with Crippen molar-refractivity contribution in [2.24, 2.45) is 0 Å². The summed E-state index contributed by atoms with van der Waals surface area (Å²) in [7, 11) is 2.21. The summed E-state index contributed by atoms with van der Waals surface area (Å²) in [4.78, 5) is 2.41. The van der Waals surface area contributed by atoms with Crippen molar-refractivity contribution in [2.75, 3.05) is 26.7 Å². The van der Waals surface area contributed by atoms with Crippen LogP contribution in [0.3, 0.4) is 0 Å². The van der Waals surface area contributed by atoms with Crippen LogP contribution in [0, 0.1) is 0 Å². The van der Waals surface area contributed by atoms with Crippen molar-refractivity contribution < 1.29 is 0 Å². The first-order valence-corrected chi connectivity index (χ1v) is 6.27. The molecule has 2 nitrogen and oxygen atoms in total. The lowest BCUT2D eigenvalue weighted by Gasteiger charge is -2.11. The Labute approximate surface area is 98.7 Å². The summed E-state index contributed by atoms with van der Waals surface area (Å²) in [6, 6.07) is 9.12. The fourth-order valence-electron chi connectivity index (χ4n) is 2.38. The third-order valence-electron chi connectivity index (χ3n) is 3.42. The van der Waals surface area contributed by atoms with Gasteiger partial charge < -0.3 is 10.2 Å². The SMILES string of the molecule is CCNCc1ccc(C2CCN(C)C2)cc1. The van der Waals surface area contributed by atoms with Crippen LogP contribution in [0.15, 0.2) is 24.3 Å². The Bertz CT molecular complexity index is 318. The summed E-state index contributed by atoms with van der Waals surface area (Å²) in [5.74, 6) is 0.748. The molecule has 1 fully saturated rings. The van der Waals surface area contributed by atoms with E-state index in [2.05, 4.69) is 48.5 Å². The van der Waals surface area contributed by atoms with E-state index in [9.17, 15) is 0 Å². The highest BCUT2D eigenvalue weighted by molar-refractivity contribution is 5.26. The average Bonchev–Trinajstić information content (AvgIpc) is 2.74. The number of likely N-dealkylation sites (tertiary alicyclic amines) is 1. The summed E-state index contributed by atoms with van der Waals surface area (Å²) in [6.45, 7) is 6.62. The van der Waals surface area contributed by atoms with Gasteiger partial charge in [-0.25, -0.2) is 0 Å². The molecule has 1 aliphatic heterocycles. The van der Waals surface area contributed by atoms with Gasteiger partial charge in [-0.2, -0.15) is 0 Å². The zero-order valence-electron chi connectivity index (χ0n) is 10.4. The van der Waals surface area contributed by atoms with E-state index in [1.807, 2.05) is 0 Å². The van der Waals surface area contributed by atoms with Gasteiger partial charge in [0, 0.05) is 13.1 Å². The van der Waals surface area contributed by atoms with E-state index in [1.165, 1.54) is 30.6 Å². The largest absolute Gasteiger partial charge is 0.313 e. The minimum atomic E-state index is 0.748. The average molecular weight is 218 g/mol. The normalized spacial score (nSPS) is 21.5. The Balaban J connectivity index is 1.96. The number of nitrogens with one attached hydrogen (secondary N) is 1. The second kappa shape index (κ2) is 5.46. The molecular weight excluding hydrogens is 196 g/mol. The van der Waals surface area contributed by atoms with Crippen LogP contribution in [-0.4, -0.2) is 31.6 Å². The van der Waals surface area contributed by atoms with Gasteiger partial charge in [0.15, 0.2) is 0 Å². The molecule has 1 saturated heterocycles. The molecule has 1 unspecified atom stereocenters. The number of likely N-dealkylation sites (N-methyl/N-ethyl adjacent to an activating group) is 1. The standard InChI is InChI=1S/C14H22N2/c1-3-15-10-12-4-6-13(7-5-12)14-8-9-16(2)11-14/h4-7,14-15H,3,8-11H2,1-2H3. The maximum atomic E-state index is 3.35. The quantitative estimate of drug-likeness (QED) is 0.833. The van der Waals surface area contributed by atoms with Gasteiger partial charge in [-0.05, 0) is 43.6 Å². The van der Waals surface area contributed by atoms with Crippen LogP contribution < -0.4 is 5.32 Å². The molecule has 0 radical (unpaired) electrons. The molecule has 0 saturated carbocycles. The predicted octanol–water partition coefficient (Wildman–Crippen LogP) is 2.22. The number of nitrogens with zero attached hydrogens (tertiary/aromatic N) is 1. The fraction of sp³-hybridized carbons (Fsp3) is 0.571. The Morgan fingerprint density at radius 3 is 2.62 bits per heavy atom. The monoisotopic (exact) mass is 218 g/mol. The first kappa shape index (κ1) is 11.6. The van der Waals surface area contributed by atoms with E-state index < -0.39 is 0 Å². The highest BCUT2D eigenvalue weighted by Gasteiger charge is 2.20. The van der Waals surface area contributed by atoms with Gasteiger partial charge in [0.05, 0.1) is 0 Å². The third-order valence-corrected chi connectivity index (χ3v) is 3.42. The van der Waals surface area contributed by atoms with Gasteiger partial charge in [-0.3, -0.25) is 0 Å². The number of rotatable bonds is 4. The van der Waals surface area contributed by atoms with Crippen LogP contribution in [0.25, 0.3) is 0 Å². The minimum absolute atomic E-state index is 0.748. The molecular formula is C14H22N2. The first-order chi connectivity index (χ1) is 7.79. The zero-order chi connectivity index (χ0) is 11.4. The van der Waals surface area contributed by atoms with Crippen molar-refractivity contribution in [3.05, 3.63) is 35.4 Å². The summed E-state index contributed by atoms with van der Waals surface area (Å²) in [6.07, 6.45) is 1.31. The molecule has 2 heteroatoms. The smallest absolute Gasteiger partial charge is 0.0205 e. The minimum Gasteiger partial charge on any atom is -0.313 e. The molecule has 1 aliphatic rings.